The fourth-order valence-corrected chi connectivity index (χ4v) is 5.28. The molecule has 1 atom stereocenters. The van der Waals surface area contributed by atoms with Gasteiger partial charge in [0.25, 0.3) is 15.9 Å². The number of carbonyl (C=O) groups excluding carboxylic acids is 2. The third-order valence-corrected chi connectivity index (χ3v) is 7.33. The quantitative estimate of drug-likeness (QED) is 0.518. The lowest BCUT2D eigenvalue weighted by atomic mass is 10.2. The van der Waals surface area contributed by atoms with E-state index in [1.165, 1.54) is 42.6 Å². The van der Waals surface area contributed by atoms with Gasteiger partial charge in [0.1, 0.15) is 5.75 Å². The lowest BCUT2D eigenvalue weighted by Gasteiger charge is -2.20. The molecular formula is C25H24N2O6S. The van der Waals surface area contributed by atoms with Crippen molar-refractivity contribution in [3.8, 4) is 5.75 Å². The molecule has 1 heterocycles. The molecule has 0 saturated carbocycles. The Labute approximate surface area is 198 Å². The van der Waals surface area contributed by atoms with E-state index >= 15 is 0 Å². The smallest absolute Gasteiger partial charge is 0.338 e. The number of benzene rings is 3. The number of nitrogens with zero attached hydrogens (tertiary/aromatic N) is 1. The molecule has 1 aliphatic heterocycles. The largest absolute Gasteiger partial charge is 0.495 e. The van der Waals surface area contributed by atoms with Gasteiger partial charge in [-0.05, 0) is 55.3 Å². The minimum Gasteiger partial charge on any atom is -0.495 e. The first-order valence-electron chi connectivity index (χ1n) is 10.7. The molecule has 3 aromatic carbocycles. The zero-order chi connectivity index (χ0) is 24.3. The van der Waals surface area contributed by atoms with Crippen LogP contribution in [0.2, 0.25) is 0 Å². The average Bonchev–Trinajstić information content (AvgIpc) is 3.29. The van der Waals surface area contributed by atoms with E-state index < -0.39 is 28.0 Å². The summed E-state index contributed by atoms with van der Waals surface area (Å²) in [5.74, 6) is -0.882. The predicted molar refractivity (Wildman–Crippen MR) is 128 cm³/mol. The summed E-state index contributed by atoms with van der Waals surface area (Å²) in [6.45, 7) is 1.76. The third kappa shape index (κ3) is 4.60. The molecule has 0 spiro atoms. The van der Waals surface area contributed by atoms with Crippen LogP contribution in [0.4, 0.5) is 11.4 Å². The van der Waals surface area contributed by atoms with E-state index in [0.717, 1.165) is 5.56 Å². The van der Waals surface area contributed by atoms with E-state index in [-0.39, 0.29) is 10.5 Å². The molecule has 34 heavy (non-hydrogen) atoms. The molecule has 0 saturated heterocycles. The van der Waals surface area contributed by atoms with E-state index in [2.05, 4.69) is 5.32 Å². The molecule has 1 aliphatic rings. The Morgan fingerprint density at radius 3 is 2.53 bits per heavy atom. The van der Waals surface area contributed by atoms with Crippen molar-refractivity contribution in [2.75, 3.05) is 23.3 Å². The van der Waals surface area contributed by atoms with Crippen LogP contribution in [0.1, 0.15) is 22.8 Å². The summed E-state index contributed by atoms with van der Waals surface area (Å²) in [4.78, 5) is 25.2. The predicted octanol–water partition coefficient (Wildman–Crippen LogP) is 3.63. The number of nitrogens with one attached hydrogen (secondary N) is 1. The molecule has 0 radical (unpaired) electrons. The minimum absolute atomic E-state index is 0.0234. The number of sulfonamides is 1. The van der Waals surface area contributed by atoms with Gasteiger partial charge in [-0.3, -0.25) is 9.10 Å². The van der Waals surface area contributed by atoms with E-state index in [0.29, 0.717) is 30.1 Å². The number of esters is 1. The molecule has 176 valence electrons. The fourth-order valence-electron chi connectivity index (χ4n) is 3.73. The molecule has 1 amide bonds. The Hall–Kier alpha value is -3.85. The molecule has 1 unspecified atom stereocenters. The van der Waals surface area contributed by atoms with E-state index in [1.54, 1.807) is 36.4 Å². The first-order valence-corrected chi connectivity index (χ1v) is 12.1. The van der Waals surface area contributed by atoms with Crippen molar-refractivity contribution in [1.82, 2.24) is 0 Å². The second-order valence-corrected chi connectivity index (χ2v) is 9.58. The van der Waals surface area contributed by atoms with Gasteiger partial charge in [0, 0.05) is 6.54 Å². The van der Waals surface area contributed by atoms with Crippen molar-refractivity contribution in [3.63, 3.8) is 0 Å². The highest BCUT2D eigenvalue weighted by molar-refractivity contribution is 7.92. The number of anilines is 2. The van der Waals surface area contributed by atoms with Crippen LogP contribution in [0.25, 0.3) is 0 Å². The van der Waals surface area contributed by atoms with Crippen molar-refractivity contribution in [3.05, 3.63) is 83.9 Å². The topological polar surface area (TPSA) is 102 Å². The second kappa shape index (κ2) is 9.56. The lowest BCUT2D eigenvalue weighted by molar-refractivity contribution is -0.123. The molecule has 4 rings (SSSR count). The number of rotatable bonds is 7. The van der Waals surface area contributed by atoms with Crippen LogP contribution in [0.5, 0.6) is 5.75 Å². The number of ether oxygens (including phenoxy) is 2. The summed E-state index contributed by atoms with van der Waals surface area (Å²) < 4.78 is 38.4. The van der Waals surface area contributed by atoms with Crippen molar-refractivity contribution in [2.24, 2.45) is 0 Å². The van der Waals surface area contributed by atoms with Gasteiger partial charge in [-0.2, -0.15) is 0 Å². The monoisotopic (exact) mass is 480 g/mol. The number of amides is 1. The molecule has 0 bridgehead atoms. The van der Waals surface area contributed by atoms with E-state index in [9.17, 15) is 18.0 Å². The first kappa shape index (κ1) is 23.3. The summed E-state index contributed by atoms with van der Waals surface area (Å²) in [7, 11) is -2.39. The van der Waals surface area contributed by atoms with Crippen molar-refractivity contribution in [2.45, 2.75) is 24.3 Å². The Morgan fingerprint density at radius 1 is 1.00 bits per heavy atom. The lowest BCUT2D eigenvalue weighted by Crippen LogP contribution is -2.30. The van der Waals surface area contributed by atoms with Gasteiger partial charge in [0.2, 0.25) is 0 Å². The maximum absolute atomic E-state index is 13.3. The second-order valence-electron chi connectivity index (χ2n) is 7.72. The summed E-state index contributed by atoms with van der Waals surface area (Å²) in [5, 5.41) is 2.66. The number of para-hydroxylation sites is 3. The standard InChI is InChI=1S/C25H24N2O6S/c1-17(24(28)26-21-11-4-6-13-23(21)32-2)33-25(29)19-9-7-10-20(16-19)34(30,31)27-15-14-18-8-3-5-12-22(18)27/h3-13,16-17H,14-15H2,1-2H3,(H,26,28). The highest BCUT2D eigenvalue weighted by atomic mass is 32.2. The summed E-state index contributed by atoms with van der Waals surface area (Å²) in [5.41, 5.74) is 2.07. The maximum Gasteiger partial charge on any atom is 0.338 e. The SMILES string of the molecule is COc1ccccc1NC(=O)C(C)OC(=O)c1cccc(S(=O)(=O)N2CCc3ccccc32)c1. The fraction of sp³-hybridized carbons (Fsp3) is 0.200. The zero-order valence-electron chi connectivity index (χ0n) is 18.7. The van der Waals surface area contributed by atoms with Crippen LogP contribution >= 0.6 is 0 Å². The van der Waals surface area contributed by atoms with E-state index in [4.69, 9.17) is 9.47 Å². The van der Waals surface area contributed by atoms with E-state index in [1.807, 2.05) is 12.1 Å². The van der Waals surface area contributed by atoms with Gasteiger partial charge in [0.15, 0.2) is 6.10 Å². The number of methoxy groups -OCH3 is 1. The highest BCUT2D eigenvalue weighted by Crippen LogP contribution is 2.33. The molecule has 0 fully saturated rings. The van der Waals surface area contributed by atoms with Crippen LogP contribution in [-0.2, 0) is 26.0 Å². The zero-order valence-corrected chi connectivity index (χ0v) is 19.5. The van der Waals surface area contributed by atoms with Crippen LogP contribution in [0.15, 0.2) is 77.7 Å². The van der Waals surface area contributed by atoms with Gasteiger partial charge in [-0.25, -0.2) is 13.2 Å². The molecular weight excluding hydrogens is 456 g/mol. The highest BCUT2D eigenvalue weighted by Gasteiger charge is 2.31. The minimum atomic E-state index is -3.87. The summed E-state index contributed by atoms with van der Waals surface area (Å²) in [6, 6.07) is 19.8. The first-order chi connectivity index (χ1) is 16.3. The van der Waals surface area contributed by atoms with Gasteiger partial charge in [-0.15, -0.1) is 0 Å². The number of fused-ring (bicyclic) bond motifs is 1. The molecule has 1 N–H and O–H groups in total. The van der Waals surface area contributed by atoms with Crippen LogP contribution in [-0.4, -0.2) is 40.1 Å². The van der Waals surface area contributed by atoms with Gasteiger partial charge < -0.3 is 14.8 Å². The van der Waals surface area contributed by atoms with Crippen LogP contribution in [0.3, 0.4) is 0 Å². The van der Waals surface area contributed by atoms with Gasteiger partial charge in [0.05, 0.1) is 28.9 Å². The summed E-state index contributed by atoms with van der Waals surface area (Å²) >= 11 is 0. The Morgan fingerprint density at radius 2 is 1.74 bits per heavy atom. The van der Waals surface area contributed by atoms with Crippen molar-refractivity contribution in [1.29, 1.82) is 0 Å². The van der Waals surface area contributed by atoms with Gasteiger partial charge in [-0.1, -0.05) is 36.4 Å². The number of hydrogen-bond acceptors (Lipinski definition) is 6. The molecule has 9 heteroatoms. The van der Waals surface area contributed by atoms with Crippen molar-refractivity contribution < 1.29 is 27.5 Å². The van der Waals surface area contributed by atoms with Crippen LogP contribution in [0, 0.1) is 0 Å². The maximum atomic E-state index is 13.3. The van der Waals surface area contributed by atoms with Gasteiger partial charge >= 0.3 is 5.97 Å². The van der Waals surface area contributed by atoms with Crippen LogP contribution < -0.4 is 14.4 Å². The third-order valence-electron chi connectivity index (χ3n) is 5.52. The number of hydrogen-bond donors (Lipinski definition) is 1. The number of carbonyl (C=O) groups is 2. The Balaban J connectivity index is 1.48. The molecule has 0 aliphatic carbocycles. The van der Waals surface area contributed by atoms with Crippen molar-refractivity contribution >= 4 is 33.3 Å². The normalized spacial score (nSPS) is 13.6. The average molecular weight is 481 g/mol. The Bertz CT molecular complexity index is 1340. The Kier molecular flexibility index (Phi) is 6.56. The molecule has 8 nitrogen and oxygen atoms in total. The molecule has 3 aromatic rings. The molecule has 0 aromatic heterocycles. The summed E-state index contributed by atoms with van der Waals surface area (Å²) in [6.07, 6.45) is -0.501.